The molecule has 1 aromatic carbocycles. The van der Waals surface area contributed by atoms with Crippen LogP contribution in [0.4, 0.5) is 5.69 Å². The monoisotopic (exact) mass is 344 g/mol. The molecule has 0 spiro atoms. The molecule has 1 heterocycles. The van der Waals surface area contributed by atoms with Crippen LogP contribution in [0.25, 0.3) is 0 Å². The Morgan fingerprint density at radius 2 is 2.26 bits per heavy atom. The predicted molar refractivity (Wildman–Crippen MR) is 82.7 cm³/mol. The van der Waals surface area contributed by atoms with Crippen LogP contribution < -0.4 is 10.6 Å². The van der Waals surface area contributed by atoms with E-state index in [4.69, 9.17) is 11.6 Å². The van der Waals surface area contributed by atoms with Crippen LogP contribution >= 0.6 is 27.5 Å². The summed E-state index contributed by atoms with van der Waals surface area (Å²) >= 11 is 9.57. The molecule has 2 N–H and O–H groups in total. The molecule has 0 bridgehead atoms. The van der Waals surface area contributed by atoms with Crippen molar-refractivity contribution in [2.45, 2.75) is 26.7 Å². The Balaban J connectivity index is 2.16. The molecule has 1 saturated heterocycles. The largest absolute Gasteiger partial charge is 0.325 e. The lowest BCUT2D eigenvalue weighted by molar-refractivity contribution is -0.125. The molecular weight excluding hydrogens is 328 g/mol. The first-order chi connectivity index (χ1) is 8.92. The summed E-state index contributed by atoms with van der Waals surface area (Å²) in [6.07, 6.45) is 1.93. The van der Waals surface area contributed by atoms with Gasteiger partial charge in [-0.2, -0.15) is 0 Å². The molecule has 2 rings (SSSR count). The molecule has 1 unspecified atom stereocenters. The predicted octanol–water partition coefficient (Wildman–Crippen LogP) is 3.74. The zero-order valence-electron chi connectivity index (χ0n) is 11.1. The van der Waals surface area contributed by atoms with E-state index in [1.165, 1.54) is 0 Å². The van der Waals surface area contributed by atoms with Crippen molar-refractivity contribution in [3.8, 4) is 0 Å². The highest BCUT2D eigenvalue weighted by Crippen LogP contribution is 2.32. The summed E-state index contributed by atoms with van der Waals surface area (Å²) in [5.74, 6) is 0.0420. The summed E-state index contributed by atoms with van der Waals surface area (Å²) in [7, 11) is 0. The Bertz CT molecular complexity index is 498. The van der Waals surface area contributed by atoms with Crippen LogP contribution in [0.15, 0.2) is 16.6 Å². The molecule has 104 valence electrons. The van der Waals surface area contributed by atoms with Gasteiger partial charge in [0.1, 0.15) is 0 Å². The van der Waals surface area contributed by atoms with Crippen LogP contribution in [-0.4, -0.2) is 19.0 Å². The zero-order valence-corrected chi connectivity index (χ0v) is 13.5. The molecule has 19 heavy (non-hydrogen) atoms. The van der Waals surface area contributed by atoms with Crippen LogP contribution in [0.3, 0.4) is 0 Å². The van der Waals surface area contributed by atoms with E-state index < -0.39 is 0 Å². The number of carbonyl (C=O) groups is 1. The number of carbonyl (C=O) groups excluding carboxylic acids is 1. The minimum atomic E-state index is -0.352. The van der Waals surface area contributed by atoms with Gasteiger partial charge in [0.05, 0.1) is 11.1 Å². The lowest BCUT2D eigenvalue weighted by atomic mass is 9.82. The minimum absolute atomic E-state index is 0.0420. The number of halogens is 2. The maximum Gasteiger partial charge on any atom is 0.231 e. The minimum Gasteiger partial charge on any atom is -0.325 e. The SMILES string of the molecule is Cc1cc(Br)c(NC(=O)C2(C)CCCNC2)cc1Cl. The second kappa shape index (κ2) is 5.81. The summed E-state index contributed by atoms with van der Waals surface area (Å²) in [4.78, 5) is 12.4. The van der Waals surface area contributed by atoms with Crippen molar-refractivity contribution < 1.29 is 4.79 Å². The van der Waals surface area contributed by atoms with E-state index in [-0.39, 0.29) is 11.3 Å². The number of rotatable bonds is 2. The van der Waals surface area contributed by atoms with E-state index in [1.807, 2.05) is 19.9 Å². The fourth-order valence-corrected chi connectivity index (χ4v) is 2.99. The molecule has 0 aliphatic carbocycles. The van der Waals surface area contributed by atoms with Crippen molar-refractivity contribution in [1.82, 2.24) is 5.32 Å². The van der Waals surface area contributed by atoms with E-state index >= 15 is 0 Å². The van der Waals surface area contributed by atoms with E-state index in [9.17, 15) is 4.79 Å². The van der Waals surface area contributed by atoms with Gasteiger partial charge in [-0.1, -0.05) is 11.6 Å². The van der Waals surface area contributed by atoms with Crippen LogP contribution in [0.5, 0.6) is 0 Å². The lowest BCUT2D eigenvalue weighted by Gasteiger charge is -2.32. The number of amides is 1. The van der Waals surface area contributed by atoms with E-state index in [1.54, 1.807) is 6.07 Å². The van der Waals surface area contributed by atoms with E-state index in [0.29, 0.717) is 5.02 Å². The molecule has 1 aliphatic rings. The van der Waals surface area contributed by atoms with Gasteiger partial charge in [0, 0.05) is 16.0 Å². The molecule has 1 amide bonds. The number of hydrogen-bond donors (Lipinski definition) is 2. The van der Waals surface area contributed by atoms with Gasteiger partial charge >= 0.3 is 0 Å². The highest BCUT2D eigenvalue weighted by atomic mass is 79.9. The van der Waals surface area contributed by atoms with Crippen molar-refractivity contribution in [2.75, 3.05) is 18.4 Å². The fraction of sp³-hybridized carbons (Fsp3) is 0.500. The number of aryl methyl sites for hydroxylation is 1. The average molecular weight is 346 g/mol. The highest BCUT2D eigenvalue weighted by Gasteiger charge is 2.34. The van der Waals surface area contributed by atoms with Gasteiger partial charge in [-0.15, -0.1) is 0 Å². The molecule has 1 atom stereocenters. The topological polar surface area (TPSA) is 41.1 Å². The van der Waals surface area contributed by atoms with Crippen LogP contribution in [0.2, 0.25) is 5.02 Å². The summed E-state index contributed by atoms with van der Waals surface area (Å²) in [5.41, 5.74) is 1.36. The number of benzene rings is 1. The Kier molecular flexibility index (Phi) is 4.54. The van der Waals surface area contributed by atoms with Crippen LogP contribution in [0.1, 0.15) is 25.3 Å². The van der Waals surface area contributed by atoms with Crippen molar-refractivity contribution in [2.24, 2.45) is 5.41 Å². The first-order valence-electron chi connectivity index (χ1n) is 6.40. The summed E-state index contributed by atoms with van der Waals surface area (Å²) < 4.78 is 0.857. The van der Waals surface area contributed by atoms with Gasteiger partial charge in [0.2, 0.25) is 5.91 Å². The summed E-state index contributed by atoms with van der Waals surface area (Å²) in [6.45, 7) is 5.64. The first kappa shape index (κ1) is 14.8. The second-order valence-corrected chi connectivity index (χ2v) is 6.64. The third kappa shape index (κ3) is 3.30. The lowest BCUT2D eigenvalue weighted by Crippen LogP contribution is -2.46. The summed E-state index contributed by atoms with van der Waals surface area (Å²) in [5, 5.41) is 6.91. The van der Waals surface area contributed by atoms with Gasteiger partial charge in [-0.25, -0.2) is 0 Å². The maximum atomic E-state index is 12.4. The van der Waals surface area contributed by atoms with Crippen molar-refractivity contribution in [1.29, 1.82) is 0 Å². The smallest absolute Gasteiger partial charge is 0.231 e. The third-order valence-electron chi connectivity index (χ3n) is 3.64. The molecule has 1 aromatic rings. The maximum absolute atomic E-state index is 12.4. The van der Waals surface area contributed by atoms with Gasteiger partial charge in [-0.05, 0) is 66.9 Å². The standard InChI is InChI=1S/C14H18BrClN2O/c1-9-6-10(15)12(7-11(9)16)18-13(19)14(2)4-3-5-17-8-14/h6-7,17H,3-5,8H2,1-2H3,(H,18,19). The highest BCUT2D eigenvalue weighted by molar-refractivity contribution is 9.10. The molecule has 1 fully saturated rings. The molecule has 3 nitrogen and oxygen atoms in total. The average Bonchev–Trinajstić information content (AvgIpc) is 2.36. The number of piperidine rings is 1. The van der Waals surface area contributed by atoms with Crippen molar-refractivity contribution in [3.63, 3.8) is 0 Å². The van der Waals surface area contributed by atoms with Crippen LogP contribution in [0, 0.1) is 12.3 Å². The quantitative estimate of drug-likeness (QED) is 0.857. The molecule has 5 heteroatoms. The molecular formula is C14H18BrClN2O. The van der Waals surface area contributed by atoms with Crippen molar-refractivity contribution >= 4 is 39.1 Å². The second-order valence-electron chi connectivity index (χ2n) is 5.38. The molecule has 1 aliphatic heterocycles. The molecule has 0 aromatic heterocycles. The first-order valence-corrected chi connectivity index (χ1v) is 7.57. The fourth-order valence-electron chi connectivity index (χ4n) is 2.27. The molecule has 0 saturated carbocycles. The Hall–Kier alpha value is -0.580. The van der Waals surface area contributed by atoms with Gasteiger partial charge in [-0.3, -0.25) is 4.79 Å². The Morgan fingerprint density at radius 3 is 2.89 bits per heavy atom. The zero-order chi connectivity index (χ0) is 14.0. The van der Waals surface area contributed by atoms with Gasteiger partial charge in [0.15, 0.2) is 0 Å². The Labute approximate surface area is 127 Å². The van der Waals surface area contributed by atoms with Gasteiger partial charge in [0.25, 0.3) is 0 Å². The normalized spacial score (nSPS) is 23.2. The summed E-state index contributed by atoms with van der Waals surface area (Å²) in [6, 6.07) is 3.71. The van der Waals surface area contributed by atoms with Crippen LogP contribution in [-0.2, 0) is 4.79 Å². The van der Waals surface area contributed by atoms with Crippen molar-refractivity contribution in [3.05, 3.63) is 27.2 Å². The third-order valence-corrected chi connectivity index (χ3v) is 4.71. The Morgan fingerprint density at radius 1 is 1.53 bits per heavy atom. The molecule has 0 radical (unpaired) electrons. The number of hydrogen-bond acceptors (Lipinski definition) is 2. The van der Waals surface area contributed by atoms with Gasteiger partial charge < -0.3 is 10.6 Å². The number of anilines is 1. The van der Waals surface area contributed by atoms with E-state index in [2.05, 4.69) is 26.6 Å². The van der Waals surface area contributed by atoms with E-state index in [0.717, 1.165) is 41.7 Å². The number of nitrogens with one attached hydrogen (secondary N) is 2.